The van der Waals surface area contributed by atoms with E-state index in [1.807, 2.05) is 26.0 Å². The summed E-state index contributed by atoms with van der Waals surface area (Å²) in [5.41, 5.74) is 3.73. The number of halogens is 2. The van der Waals surface area contributed by atoms with Gasteiger partial charge >= 0.3 is 0 Å². The van der Waals surface area contributed by atoms with Crippen LogP contribution in [0.1, 0.15) is 67.7 Å². The van der Waals surface area contributed by atoms with Crippen molar-refractivity contribution in [1.29, 1.82) is 0 Å². The van der Waals surface area contributed by atoms with Crippen LogP contribution in [0.3, 0.4) is 0 Å². The Morgan fingerprint density at radius 2 is 1.79 bits per heavy atom. The van der Waals surface area contributed by atoms with Crippen LogP contribution in [0, 0.1) is 18.6 Å². The number of hydrogen-bond donors (Lipinski definition) is 3. The number of hydrogen-bond acceptors (Lipinski definition) is 5. The van der Waals surface area contributed by atoms with Crippen molar-refractivity contribution in [2.45, 2.75) is 89.9 Å². The molecule has 232 valence electrons. The molecule has 1 heterocycles. The van der Waals surface area contributed by atoms with Gasteiger partial charge in [0.15, 0.2) is 0 Å². The number of unbranched alkanes of at least 4 members (excludes halogenated alkanes) is 2. The summed E-state index contributed by atoms with van der Waals surface area (Å²) < 4.78 is 55.4. The Morgan fingerprint density at radius 1 is 1.05 bits per heavy atom. The number of aliphatic hydroxyl groups excluding tert-OH is 1. The summed E-state index contributed by atoms with van der Waals surface area (Å²) in [4.78, 5) is 13.7. The van der Waals surface area contributed by atoms with Gasteiger partial charge in [0.25, 0.3) is 0 Å². The maximum absolute atomic E-state index is 14.0. The van der Waals surface area contributed by atoms with E-state index in [0.717, 1.165) is 65.7 Å². The number of aliphatic hydroxyl groups is 1. The molecule has 0 radical (unpaired) electrons. The molecule has 0 saturated carbocycles. The smallest absolute Gasteiger partial charge is 0.239 e. The van der Waals surface area contributed by atoms with Crippen LogP contribution in [0.25, 0.3) is 0 Å². The molecular formula is C32H45F2N3O4S. The van der Waals surface area contributed by atoms with Gasteiger partial charge in [0, 0.05) is 26.2 Å². The number of β-amino-alcohol motifs (C(OH)–C–C–N with tert-alkyl or cyclic N) is 1. The number of nitrogens with one attached hydrogen (secondary N) is 2. The van der Waals surface area contributed by atoms with Crippen molar-refractivity contribution in [2.24, 2.45) is 0 Å². The fourth-order valence-electron chi connectivity index (χ4n) is 5.25. The number of likely N-dealkylation sites (N-methyl/N-ethyl adjacent to an activating group) is 1. The molecule has 0 fully saturated rings. The molecule has 42 heavy (non-hydrogen) atoms. The largest absolute Gasteiger partial charge is 0.390 e. The first kappa shape index (κ1) is 33.8. The Labute approximate surface area is 249 Å². The SMILES string of the molecule is CCCCCS(=O)(=O)N(C)[C@H]1C/C=C\CCCc2ccc(C)cc2CNC[C@@H](O)[C@H](Cc2cc(F)cc(F)c2)NC1=O. The van der Waals surface area contributed by atoms with Crippen molar-refractivity contribution < 1.29 is 27.1 Å². The third-order valence-corrected chi connectivity index (χ3v) is 9.67. The minimum Gasteiger partial charge on any atom is -0.390 e. The predicted molar refractivity (Wildman–Crippen MR) is 162 cm³/mol. The number of benzene rings is 2. The molecule has 2 aromatic rings. The third-order valence-electron chi connectivity index (χ3n) is 7.73. The minimum atomic E-state index is -3.73. The van der Waals surface area contributed by atoms with E-state index in [1.54, 1.807) is 0 Å². The van der Waals surface area contributed by atoms with E-state index in [1.165, 1.54) is 12.6 Å². The molecule has 0 spiro atoms. The van der Waals surface area contributed by atoms with Crippen molar-refractivity contribution in [3.8, 4) is 0 Å². The molecule has 1 amide bonds. The van der Waals surface area contributed by atoms with Gasteiger partial charge in [-0.2, -0.15) is 4.31 Å². The third kappa shape index (κ3) is 10.3. The molecule has 10 heteroatoms. The van der Waals surface area contributed by atoms with E-state index in [9.17, 15) is 27.1 Å². The van der Waals surface area contributed by atoms with E-state index >= 15 is 0 Å². The number of allylic oxidation sites excluding steroid dienone is 1. The Bertz CT molecular complexity index is 1300. The quantitative estimate of drug-likeness (QED) is 0.303. The molecule has 3 N–H and O–H groups in total. The summed E-state index contributed by atoms with van der Waals surface area (Å²) in [5.74, 6) is -2.16. The molecule has 2 aromatic carbocycles. The number of carbonyl (C=O) groups is 1. The highest BCUT2D eigenvalue weighted by Crippen LogP contribution is 2.18. The fraction of sp³-hybridized carbons (Fsp3) is 0.531. The van der Waals surface area contributed by atoms with Crippen LogP contribution in [0.4, 0.5) is 8.78 Å². The maximum Gasteiger partial charge on any atom is 0.239 e. The van der Waals surface area contributed by atoms with E-state index < -0.39 is 45.8 Å². The van der Waals surface area contributed by atoms with Gasteiger partial charge in [-0.3, -0.25) is 4.79 Å². The summed E-state index contributed by atoms with van der Waals surface area (Å²) in [5, 5.41) is 17.3. The molecule has 0 saturated heterocycles. The van der Waals surface area contributed by atoms with Gasteiger partial charge in [-0.15, -0.1) is 0 Å². The molecular weight excluding hydrogens is 560 g/mol. The summed E-state index contributed by atoms with van der Waals surface area (Å²) in [6, 6.07) is 7.42. The van der Waals surface area contributed by atoms with E-state index in [-0.39, 0.29) is 30.7 Å². The molecule has 0 aliphatic carbocycles. The van der Waals surface area contributed by atoms with Crippen molar-refractivity contribution in [3.63, 3.8) is 0 Å². The zero-order chi connectivity index (χ0) is 30.7. The fourth-order valence-corrected chi connectivity index (χ4v) is 6.68. The van der Waals surface area contributed by atoms with Gasteiger partial charge < -0.3 is 15.7 Å². The lowest BCUT2D eigenvalue weighted by Gasteiger charge is -2.30. The van der Waals surface area contributed by atoms with Crippen LogP contribution >= 0.6 is 0 Å². The summed E-state index contributed by atoms with van der Waals surface area (Å²) in [6.07, 6.45) is 7.43. The van der Waals surface area contributed by atoms with Crippen LogP contribution in [0.5, 0.6) is 0 Å². The van der Waals surface area contributed by atoms with Gasteiger partial charge in [0.1, 0.15) is 17.7 Å². The molecule has 3 atom stereocenters. The lowest BCUT2D eigenvalue weighted by atomic mass is 9.98. The first-order valence-corrected chi connectivity index (χ1v) is 16.4. The molecule has 7 nitrogen and oxygen atoms in total. The average Bonchev–Trinajstić information content (AvgIpc) is 2.91. The van der Waals surface area contributed by atoms with Crippen molar-refractivity contribution >= 4 is 15.9 Å². The van der Waals surface area contributed by atoms with E-state index in [0.29, 0.717) is 13.0 Å². The number of aryl methyl sites for hydroxylation is 2. The van der Waals surface area contributed by atoms with Crippen LogP contribution < -0.4 is 10.6 Å². The van der Waals surface area contributed by atoms with Gasteiger partial charge in [0.2, 0.25) is 15.9 Å². The van der Waals surface area contributed by atoms with Gasteiger partial charge in [-0.05, 0) is 74.3 Å². The second kappa shape index (κ2) is 16.3. The molecule has 0 aromatic heterocycles. The first-order valence-electron chi connectivity index (χ1n) is 14.8. The van der Waals surface area contributed by atoms with Crippen LogP contribution in [-0.4, -0.2) is 61.3 Å². The average molecular weight is 606 g/mol. The van der Waals surface area contributed by atoms with E-state index in [4.69, 9.17) is 0 Å². The monoisotopic (exact) mass is 605 g/mol. The molecule has 1 aliphatic heterocycles. The van der Waals surface area contributed by atoms with Crippen LogP contribution in [0.15, 0.2) is 48.6 Å². The number of nitrogens with zero attached hydrogens (tertiary/aromatic N) is 1. The van der Waals surface area contributed by atoms with E-state index in [2.05, 4.69) is 28.8 Å². The number of fused-ring (bicyclic) bond motifs is 1. The Balaban J connectivity index is 1.92. The van der Waals surface area contributed by atoms with Crippen LogP contribution in [-0.2, 0) is 34.2 Å². The number of carbonyl (C=O) groups excluding carboxylic acids is 1. The summed E-state index contributed by atoms with van der Waals surface area (Å²) in [7, 11) is -2.32. The number of amides is 1. The standard InChI is InChI=1S/C32H45F2N3O4S/c1-4-5-10-15-42(40,41)37(3)30-12-9-7-6-8-11-25-14-13-23(2)16-26(25)21-35-22-31(38)29(36-32(30)39)19-24-17-27(33)20-28(34)18-24/h7,9,13-14,16-18,20,29-31,35,38H,4-6,8,10-12,15,19,21-22H2,1-3H3,(H,36,39)/b9-7-/t29-,30-,31+/m0/s1. The van der Waals surface area contributed by atoms with Crippen molar-refractivity contribution in [1.82, 2.24) is 14.9 Å². The lowest BCUT2D eigenvalue weighted by molar-refractivity contribution is -0.126. The van der Waals surface area contributed by atoms with Crippen LogP contribution in [0.2, 0.25) is 0 Å². The zero-order valence-electron chi connectivity index (χ0n) is 24.9. The van der Waals surface area contributed by atoms with Gasteiger partial charge in [-0.25, -0.2) is 17.2 Å². The molecule has 0 unspecified atom stereocenters. The Morgan fingerprint density at radius 3 is 2.50 bits per heavy atom. The molecule has 1 aliphatic rings. The van der Waals surface area contributed by atoms with Gasteiger partial charge in [0.05, 0.1) is 17.9 Å². The highest BCUT2D eigenvalue weighted by Gasteiger charge is 2.33. The van der Waals surface area contributed by atoms with Gasteiger partial charge in [-0.1, -0.05) is 55.7 Å². The first-order chi connectivity index (χ1) is 20.0. The second-order valence-electron chi connectivity index (χ2n) is 11.2. The topological polar surface area (TPSA) is 98.7 Å². The lowest BCUT2D eigenvalue weighted by Crippen LogP contribution is -2.55. The summed E-state index contributed by atoms with van der Waals surface area (Å²) >= 11 is 0. The predicted octanol–water partition coefficient (Wildman–Crippen LogP) is 4.55. The molecule has 0 bridgehead atoms. The highest BCUT2D eigenvalue weighted by molar-refractivity contribution is 7.89. The number of rotatable bonds is 8. The Hall–Kier alpha value is -2.66. The summed E-state index contributed by atoms with van der Waals surface area (Å²) in [6.45, 7) is 4.62. The zero-order valence-corrected chi connectivity index (χ0v) is 25.7. The Kier molecular flexibility index (Phi) is 13.1. The van der Waals surface area contributed by atoms with Crippen molar-refractivity contribution in [2.75, 3.05) is 19.3 Å². The number of sulfonamides is 1. The second-order valence-corrected chi connectivity index (χ2v) is 13.4. The normalized spacial score (nSPS) is 22.0. The maximum atomic E-state index is 14.0. The van der Waals surface area contributed by atoms with Crippen molar-refractivity contribution in [3.05, 3.63) is 82.4 Å². The molecule has 3 rings (SSSR count). The highest BCUT2D eigenvalue weighted by atomic mass is 32.2. The minimum absolute atomic E-state index is 0.0471.